The number of Topliss-reactive ketones (excluding diaryl/α,β-unsaturated/α-hetero) is 3. The molecular formula is C52H81NO12. The Morgan fingerprint density at radius 2 is 1.60 bits per heavy atom. The maximum Gasteiger partial charge on any atom is 0.329 e. The van der Waals surface area contributed by atoms with Crippen molar-refractivity contribution in [1.82, 2.24) is 4.90 Å². The zero-order chi connectivity index (χ0) is 48.4. The van der Waals surface area contributed by atoms with E-state index in [0.717, 1.165) is 12.0 Å². The van der Waals surface area contributed by atoms with Gasteiger partial charge in [0.25, 0.3) is 11.7 Å². The second-order valence-electron chi connectivity index (χ2n) is 20.7. The van der Waals surface area contributed by atoms with Gasteiger partial charge in [-0.25, -0.2) is 4.79 Å². The first-order valence-electron chi connectivity index (χ1n) is 24.2. The number of rotatable bonds is 5. The summed E-state index contributed by atoms with van der Waals surface area (Å²) >= 11 is 0. The van der Waals surface area contributed by atoms with E-state index >= 15 is 0 Å². The first-order valence-corrected chi connectivity index (χ1v) is 24.2. The highest BCUT2D eigenvalue weighted by atomic mass is 16.6. The summed E-state index contributed by atoms with van der Waals surface area (Å²) < 4.78 is 23.7. The minimum Gasteiger partial charge on any atom is -0.460 e. The lowest BCUT2D eigenvalue weighted by molar-refractivity contribution is -0.266. The molecule has 366 valence electrons. The predicted octanol–water partition coefficient (Wildman–Crippen LogP) is 7.19. The van der Waals surface area contributed by atoms with Crippen molar-refractivity contribution >= 4 is 29.2 Å². The number of fused-ring (bicyclic) bond motifs is 3. The van der Waals surface area contributed by atoms with Crippen LogP contribution in [0.1, 0.15) is 139 Å². The Hall–Kier alpha value is -3.33. The number of amides is 1. The van der Waals surface area contributed by atoms with Gasteiger partial charge in [0.2, 0.25) is 5.79 Å². The van der Waals surface area contributed by atoms with E-state index in [4.69, 9.17) is 18.9 Å². The molecule has 13 heteroatoms. The van der Waals surface area contributed by atoms with Crippen molar-refractivity contribution in [3.8, 4) is 0 Å². The lowest BCUT2D eigenvalue weighted by atomic mass is 9.76. The second kappa shape index (κ2) is 24.1. The van der Waals surface area contributed by atoms with Gasteiger partial charge < -0.3 is 39.2 Å². The van der Waals surface area contributed by atoms with Crippen LogP contribution >= 0.6 is 0 Å². The Labute approximate surface area is 388 Å². The zero-order valence-corrected chi connectivity index (χ0v) is 41.1. The van der Waals surface area contributed by atoms with Gasteiger partial charge in [0.1, 0.15) is 30.1 Å². The molecule has 65 heavy (non-hydrogen) atoms. The van der Waals surface area contributed by atoms with Gasteiger partial charge in [-0.2, -0.15) is 0 Å². The topological polar surface area (TPSA) is 186 Å². The normalized spacial score (nSPS) is 40.1. The SMILES string of the molecule is CO[C@@H]1CC(C[C@@H](C)[C@@H]2CC(=O)[C@H](C)/C=C(\C)[C@@H](O)[C@@H](OC)C(=O)[C@H](C)C[C@H](C)/C=C/C=C/C=C(\C)C(C)(C)C[C@@H]3CC[C@@H](C)[C@@](O)(O3)C(=O)C(=O)N3CCCCC3C(=O)O2)CC[C@H]1O. The number of aliphatic hydroxyl groups is 3. The van der Waals surface area contributed by atoms with Crippen LogP contribution in [-0.4, -0.2) is 119 Å². The summed E-state index contributed by atoms with van der Waals surface area (Å²) in [5, 5.41) is 33.9. The summed E-state index contributed by atoms with van der Waals surface area (Å²) in [6.45, 7) is 17.1. The maximum atomic E-state index is 14.4. The molecule has 1 aliphatic carbocycles. The van der Waals surface area contributed by atoms with E-state index in [1.54, 1.807) is 34.0 Å². The van der Waals surface area contributed by atoms with Crippen molar-refractivity contribution in [2.45, 2.75) is 188 Å². The number of cyclic esters (lactones) is 1. The van der Waals surface area contributed by atoms with Gasteiger partial charge in [0.15, 0.2) is 5.78 Å². The number of esters is 1. The Morgan fingerprint density at radius 1 is 0.892 bits per heavy atom. The summed E-state index contributed by atoms with van der Waals surface area (Å²) in [5.41, 5.74) is 1.05. The molecule has 1 amide bonds. The van der Waals surface area contributed by atoms with Gasteiger partial charge in [-0.15, -0.1) is 0 Å². The lowest BCUT2D eigenvalue weighted by Crippen LogP contribution is -2.61. The quantitative estimate of drug-likeness (QED) is 0.143. The number of hydrogen-bond acceptors (Lipinski definition) is 12. The third kappa shape index (κ3) is 14.1. The number of methoxy groups -OCH3 is 2. The number of ketones is 3. The van der Waals surface area contributed by atoms with E-state index in [1.807, 2.05) is 58.1 Å². The lowest BCUT2D eigenvalue weighted by Gasteiger charge is -2.44. The molecule has 14 atom stereocenters. The number of piperidine rings is 1. The van der Waals surface area contributed by atoms with Crippen molar-refractivity contribution in [2.75, 3.05) is 20.8 Å². The third-order valence-corrected chi connectivity index (χ3v) is 15.0. The summed E-state index contributed by atoms with van der Waals surface area (Å²) in [5.74, 6) is -7.75. The third-order valence-electron chi connectivity index (χ3n) is 15.0. The molecule has 0 aromatic carbocycles. The van der Waals surface area contributed by atoms with E-state index in [1.165, 1.54) is 12.0 Å². The highest BCUT2D eigenvalue weighted by molar-refractivity contribution is 6.39. The van der Waals surface area contributed by atoms with Crippen LogP contribution in [0.5, 0.6) is 0 Å². The molecule has 3 fully saturated rings. The van der Waals surface area contributed by atoms with Crippen molar-refractivity contribution in [3.63, 3.8) is 0 Å². The smallest absolute Gasteiger partial charge is 0.329 e. The Bertz CT molecular complexity index is 1780. The fourth-order valence-corrected chi connectivity index (χ4v) is 10.2. The maximum absolute atomic E-state index is 14.4. The zero-order valence-electron chi connectivity index (χ0n) is 41.1. The van der Waals surface area contributed by atoms with E-state index in [2.05, 4.69) is 13.8 Å². The van der Waals surface area contributed by atoms with E-state index < -0.39 is 83.2 Å². The first kappa shape index (κ1) is 54.3. The van der Waals surface area contributed by atoms with Gasteiger partial charge >= 0.3 is 5.97 Å². The standard InChI is InChI=1S/C52H81NO12/c1-31-17-13-12-14-18-36(6)51(8,9)30-39-22-20-37(7)52(61,65-39)48(58)49(59)53-24-16-15-19-40(53)50(60)64-43(33(3)27-38-21-23-41(54)44(28-38)62-10)29-42(55)32(2)26-35(5)46(57)47(63-11)45(56)34(4)25-31/h12-14,17-18,26,31-34,37-41,43-44,46-47,54,57,61H,15-16,19-25,27-30H2,1-11H3/b14-12+,17-13+,35-26+,36-18+/t31-,32-,33-,34-,37-,38?,39+,40?,41-,43+,44-,46-,47+,52-/m1/s1. The fraction of sp³-hybridized carbons (Fsp3) is 0.750. The number of carbonyl (C=O) groups is 5. The van der Waals surface area contributed by atoms with Crippen LogP contribution in [0.2, 0.25) is 0 Å². The van der Waals surface area contributed by atoms with Crippen LogP contribution in [0.25, 0.3) is 0 Å². The highest BCUT2D eigenvalue weighted by Crippen LogP contribution is 2.41. The van der Waals surface area contributed by atoms with Crippen LogP contribution in [0.4, 0.5) is 0 Å². The number of aliphatic hydroxyl groups excluding tert-OH is 2. The van der Waals surface area contributed by atoms with E-state index in [9.17, 15) is 39.3 Å². The molecule has 4 aliphatic rings. The van der Waals surface area contributed by atoms with Gasteiger partial charge in [-0.1, -0.05) is 90.5 Å². The van der Waals surface area contributed by atoms with Crippen LogP contribution in [0, 0.1) is 40.9 Å². The number of allylic oxidation sites excluding steroid dienone is 7. The van der Waals surface area contributed by atoms with Crippen molar-refractivity contribution in [2.24, 2.45) is 40.9 Å². The molecule has 0 spiro atoms. The summed E-state index contributed by atoms with van der Waals surface area (Å²) in [6, 6.07) is -1.12. The molecular weight excluding hydrogens is 831 g/mol. The van der Waals surface area contributed by atoms with Crippen molar-refractivity contribution < 1.29 is 58.2 Å². The predicted molar refractivity (Wildman–Crippen MR) is 248 cm³/mol. The Balaban J connectivity index is 1.71. The van der Waals surface area contributed by atoms with Gasteiger partial charge in [-0.3, -0.25) is 19.2 Å². The van der Waals surface area contributed by atoms with Crippen LogP contribution in [-0.2, 0) is 42.9 Å². The molecule has 0 aromatic heterocycles. The van der Waals surface area contributed by atoms with Crippen LogP contribution in [0.3, 0.4) is 0 Å². The summed E-state index contributed by atoms with van der Waals surface area (Å²) in [7, 11) is 2.96. The first-order chi connectivity index (χ1) is 30.5. The van der Waals surface area contributed by atoms with Gasteiger partial charge in [-0.05, 0) is 113 Å². The average molecular weight is 912 g/mol. The van der Waals surface area contributed by atoms with Gasteiger partial charge in [0.05, 0.1) is 18.3 Å². The minimum absolute atomic E-state index is 0.0376. The Kier molecular flexibility index (Phi) is 20.1. The van der Waals surface area contributed by atoms with Crippen LogP contribution < -0.4 is 0 Å². The molecule has 0 radical (unpaired) electrons. The molecule has 3 heterocycles. The molecule has 3 aliphatic heterocycles. The minimum atomic E-state index is -2.39. The number of hydrogen-bond donors (Lipinski definition) is 3. The molecule has 0 aromatic rings. The largest absolute Gasteiger partial charge is 0.460 e. The molecule has 13 nitrogen and oxygen atoms in total. The summed E-state index contributed by atoms with van der Waals surface area (Å²) in [4.78, 5) is 71.9. The molecule has 1 saturated carbocycles. The molecule has 3 N–H and O–H groups in total. The monoisotopic (exact) mass is 912 g/mol. The van der Waals surface area contributed by atoms with Crippen LogP contribution in [0.15, 0.2) is 47.6 Å². The molecule has 4 rings (SSSR count). The molecule has 2 unspecified atom stereocenters. The molecule has 2 saturated heterocycles. The van der Waals surface area contributed by atoms with Gasteiger partial charge in [0, 0.05) is 44.9 Å². The van der Waals surface area contributed by atoms with E-state index in [-0.39, 0.29) is 54.8 Å². The average Bonchev–Trinajstić information content (AvgIpc) is 3.26. The van der Waals surface area contributed by atoms with Crippen molar-refractivity contribution in [1.29, 1.82) is 0 Å². The number of nitrogens with zero attached hydrogens (tertiary/aromatic N) is 1. The fourth-order valence-electron chi connectivity index (χ4n) is 10.2. The number of ether oxygens (including phenoxy) is 4. The molecule has 2 bridgehead atoms. The second-order valence-corrected chi connectivity index (χ2v) is 20.7. The Morgan fingerprint density at radius 3 is 2.28 bits per heavy atom. The van der Waals surface area contributed by atoms with E-state index in [0.29, 0.717) is 63.4 Å². The van der Waals surface area contributed by atoms with Crippen molar-refractivity contribution in [3.05, 3.63) is 47.6 Å². The summed E-state index contributed by atoms with van der Waals surface area (Å²) in [6.07, 6.45) is 12.3. The highest BCUT2D eigenvalue weighted by Gasteiger charge is 2.53. The number of carbonyl (C=O) groups excluding carboxylic acids is 5.